The minimum atomic E-state index is -0.763. The number of aromatic nitrogens is 1. The molecular weight excluding hydrogens is 598 g/mol. The summed E-state index contributed by atoms with van der Waals surface area (Å²) < 4.78 is 19.3. The lowest BCUT2D eigenvalue weighted by Crippen LogP contribution is -2.43. The van der Waals surface area contributed by atoms with Gasteiger partial charge in [0.25, 0.3) is 11.5 Å². The molecule has 10 heteroatoms. The molecule has 3 aromatic carbocycles. The van der Waals surface area contributed by atoms with E-state index in [0.29, 0.717) is 68.1 Å². The quantitative estimate of drug-likeness (QED) is 0.236. The van der Waals surface area contributed by atoms with Gasteiger partial charge in [0.15, 0.2) is 4.80 Å². The highest BCUT2D eigenvalue weighted by Gasteiger charge is 2.36. The van der Waals surface area contributed by atoms with Gasteiger partial charge in [0, 0.05) is 23.7 Å². The number of fused-ring (bicyclic) bond motifs is 1. The molecule has 0 bridgehead atoms. The molecule has 2 heterocycles. The largest absolute Gasteiger partial charge is 0.497 e. The smallest absolute Gasteiger partial charge is 0.271 e. The molecule has 0 saturated carbocycles. The average molecular weight is 632 g/mol. The summed E-state index contributed by atoms with van der Waals surface area (Å²) in [6.07, 6.45) is 1.82. The van der Waals surface area contributed by atoms with Crippen LogP contribution in [0.25, 0.3) is 6.08 Å². The van der Waals surface area contributed by atoms with E-state index in [1.54, 1.807) is 35.8 Å². The molecule has 0 saturated heterocycles. The third kappa shape index (κ3) is 6.30. The van der Waals surface area contributed by atoms with Crippen molar-refractivity contribution >= 4 is 34.9 Å². The monoisotopic (exact) mass is 631 g/mol. The molecule has 8 nitrogen and oxygen atoms in total. The van der Waals surface area contributed by atoms with E-state index in [0.717, 1.165) is 11.1 Å². The number of nitrogens with zero attached hydrogens (tertiary/aromatic N) is 3. The highest BCUT2D eigenvalue weighted by atomic mass is 35.5. The average Bonchev–Trinajstić information content (AvgIpc) is 3.34. The molecular formula is C34H34ClN3O5S. The summed E-state index contributed by atoms with van der Waals surface area (Å²) in [5.74, 6) is 1.62. The van der Waals surface area contributed by atoms with Gasteiger partial charge in [-0.15, -0.1) is 0 Å². The summed E-state index contributed by atoms with van der Waals surface area (Å²) in [6, 6.07) is 19.7. The first-order valence-corrected chi connectivity index (χ1v) is 15.5. The third-order valence-corrected chi connectivity index (χ3v) is 8.74. The van der Waals surface area contributed by atoms with Crippen molar-refractivity contribution in [2.75, 3.05) is 27.3 Å². The fraction of sp³-hybridized carbons (Fsp3) is 0.265. The van der Waals surface area contributed by atoms with E-state index in [-0.39, 0.29) is 11.5 Å². The topological polar surface area (TPSA) is 82.4 Å². The molecule has 1 atom stereocenters. The van der Waals surface area contributed by atoms with Gasteiger partial charge in [-0.3, -0.25) is 14.2 Å². The molecule has 0 radical (unpaired) electrons. The van der Waals surface area contributed by atoms with Gasteiger partial charge in [-0.1, -0.05) is 47.2 Å². The number of likely N-dealkylation sites (N-methyl/N-ethyl adjacent to an activating group) is 1. The van der Waals surface area contributed by atoms with E-state index in [1.807, 2.05) is 81.4 Å². The van der Waals surface area contributed by atoms with Crippen LogP contribution in [-0.2, 0) is 11.4 Å². The number of benzene rings is 3. The Morgan fingerprint density at radius 1 is 1.02 bits per heavy atom. The highest BCUT2D eigenvalue weighted by Crippen LogP contribution is 2.38. The summed E-state index contributed by atoms with van der Waals surface area (Å²) in [6.45, 7) is 7.11. The summed E-state index contributed by atoms with van der Waals surface area (Å²) in [5, 5.41) is 0.670. The van der Waals surface area contributed by atoms with Crippen LogP contribution in [0, 0.1) is 0 Å². The number of carbonyl (C=O) groups excluding carboxylic acids is 1. The third-order valence-electron chi connectivity index (χ3n) is 7.51. The Labute approximate surface area is 265 Å². The van der Waals surface area contributed by atoms with Gasteiger partial charge in [0.2, 0.25) is 0 Å². The Morgan fingerprint density at radius 3 is 2.45 bits per heavy atom. The van der Waals surface area contributed by atoms with Gasteiger partial charge in [-0.05, 0) is 80.4 Å². The van der Waals surface area contributed by atoms with Crippen LogP contribution >= 0.6 is 22.9 Å². The zero-order valence-electron chi connectivity index (χ0n) is 25.3. The maximum atomic E-state index is 14.2. The number of rotatable bonds is 10. The summed E-state index contributed by atoms with van der Waals surface area (Å²) in [4.78, 5) is 35.1. The lowest BCUT2D eigenvalue weighted by atomic mass is 9.93. The molecule has 1 aliphatic heterocycles. The maximum Gasteiger partial charge on any atom is 0.271 e. The fourth-order valence-corrected chi connectivity index (χ4v) is 6.39. The number of thiazole rings is 1. The van der Waals surface area contributed by atoms with Gasteiger partial charge >= 0.3 is 0 Å². The lowest BCUT2D eigenvalue weighted by Gasteiger charge is -2.30. The maximum absolute atomic E-state index is 14.2. The van der Waals surface area contributed by atoms with Crippen molar-refractivity contribution in [2.45, 2.75) is 33.4 Å². The standard InChI is InChI=1S/C34H34ClN3O5S/c1-6-37(7-2)33(40)30-21(3)36-34-38(31(30)27-19-25(41-4)15-16-28(27)42-5)32(39)29(44-34)18-23-9-8-10-26(17-23)43-20-22-11-13-24(35)14-12-22/h8-19,31H,6-7,20H2,1-5H3/b29-18+/t31-/m0/s1. The summed E-state index contributed by atoms with van der Waals surface area (Å²) >= 11 is 7.27. The zero-order valence-corrected chi connectivity index (χ0v) is 26.9. The second-order valence-corrected chi connectivity index (χ2v) is 11.6. The highest BCUT2D eigenvalue weighted by molar-refractivity contribution is 7.07. The van der Waals surface area contributed by atoms with E-state index >= 15 is 0 Å². The molecule has 1 amide bonds. The zero-order chi connectivity index (χ0) is 31.4. The molecule has 0 aliphatic carbocycles. The van der Waals surface area contributed by atoms with Gasteiger partial charge in [-0.2, -0.15) is 0 Å². The second kappa shape index (κ2) is 13.5. The Kier molecular flexibility index (Phi) is 9.56. The minimum Gasteiger partial charge on any atom is -0.497 e. The number of halogens is 1. The number of ether oxygens (including phenoxy) is 3. The first-order chi connectivity index (χ1) is 21.3. The van der Waals surface area contributed by atoms with E-state index in [1.165, 1.54) is 11.3 Å². The van der Waals surface area contributed by atoms with E-state index in [4.69, 9.17) is 30.8 Å². The van der Waals surface area contributed by atoms with Crippen LogP contribution in [0.15, 0.2) is 87.8 Å². The minimum absolute atomic E-state index is 0.175. The van der Waals surface area contributed by atoms with Crippen molar-refractivity contribution in [3.05, 3.63) is 119 Å². The predicted octanol–water partition coefficient (Wildman–Crippen LogP) is 5.35. The van der Waals surface area contributed by atoms with Crippen molar-refractivity contribution in [2.24, 2.45) is 4.99 Å². The van der Waals surface area contributed by atoms with E-state index in [2.05, 4.69) is 0 Å². The first kappa shape index (κ1) is 31.1. The lowest BCUT2D eigenvalue weighted by molar-refractivity contribution is -0.127. The Balaban J connectivity index is 1.61. The number of carbonyl (C=O) groups is 1. The molecule has 4 aromatic rings. The predicted molar refractivity (Wildman–Crippen MR) is 173 cm³/mol. The van der Waals surface area contributed by atoms with E-state index < -0.39 is 6.04 Å². The normalized spacial score (nSPS) is 14.6. The van der Waals surface area contributed by atoms with Crippen LogP contribution in [0.5, 0.6) is 17.2 Å². The van der Waals surface area contributed by atoms with Crippen molar-refractivity contribution in [1.29, 1.82) is 0 Å². The summed E-state index contributed by atoms with van der Waals surface area (Å²) in [5.41, 5.74) is 3.16. The molecule has 44 heavy (non-hydrogen) atoms. The second-order valence-electron chi connectivity index (χ2n) is 10.2. The molecule has 228 valence electrons. The number of hydrogen-bond donors (Lipinski definition) is 0. The van der Waals surface area contributed by atoms with Crippen molar-refractivity contribution in [3.8, 4) is 17.2 Å². The molecule has 1 aromatic heterocycles. The van der Waals surface area contributed by atoms with Gasteiger partial charge < -0.3 is 19.1 Å². The molecule has 0 unspecified atom stereocenters. The van der Waals surface area contributed by atoms with Gasteiger partial charge in [0.1, 0.15) is 29.9 Å². The van der Waals surface area contributed by atoms with Crippen LogP contribution < -0.4 is 29.1 Å². The van der Waals surface area contributed by atoms with Crippen LogP contribution in [0.1, 0.15) is 43.5 Å². The van der Waals surface area contributed by atoms with Gasteiger partial charge in [0.05, 0.1) is 30.0 Å². The molecule has 0 N–H and O–H groups in total. The van der Waals surface area contributed by atoms with Crippen LogP contribution in [-0.4, -0.2) is 42.7 Å². The van der Waals surface area contributed by atoms with E-state index in [9.17, 15) is 9.59 Å². The van der Waals surface area contributed by atoms with Crippen molar-refractivity contribution in [3.63, 3.8) is 0 Å². The SMILES string of the molecule is CCN(CC)C(=O)C1=C(C)N=c2s/c(=C/c3cccc(OCc4ccc(Cl)cc4)c3)c(=O)n2[C@H]1c1cc(OC)ccc1OC. The van der Waals surface area contributed by atoms with Crippen LogP contribution in [0.2, 0.25) is 5.02 Å². The number of hydrogen-bond acceptors (Lipinski definition) is 7. The summed E-state index contributed by atoms with van der Waals surface area (Å²) in [7, 11) is 3.15. The van der Waals surface area contributed by atoms with Crippen LogP contribution in [0.4, 0.5) is 0 Å². The van der Waals surface area contributed by atoms with Crippen molar-refractivity contribution in [1.82, 2.24) is 9.47 Å². The molecule has 5 rings (SSSR count). The molecule has 1 aliphatic rings. The fourth-order valence-electron chi connectivity index (χ4n) is 5.22. The molecule has 0 fully saturated rings. The van der Waals surface area contributed by atoms with Crippen molar-refractivity contribution < 1.29 is 19.0 Å². The molecule has 0 spiro atoms. The van der Waals surface area contributed by atoms with Gasteiger partial charge in [-0.25, -0.2) is 4.99 Å². The first-order valence-electron chi connectivity index (χ1n) is 14.3. The van der Waals surface area contributed by atoms with Crippen LogP contribution in [0.3, 0.4) is 0 Å². The Morgan fingerprint density at radius 2 is 1.77 bits per heavy atom. The Bertz CT molecular complexity index is 1890. The number of amides is 1. The number of methoxy groups -OCH3 is 2. The number of allylic oxidation sites excluding steroid dienone is 1. The Hall–Kier alpha value is -4.34.